The number of nitrogens with zero attached hydrogens (tertiary/aromatic N) is 1. The molecule has 2 fully saturated rings. The molecule has 4 amide bonds. The summed E-state index contributed by atoms with van der Waals surface area (Å²) in [6.45, 7) is 2.68. The molecule has 4 rings (SSSR count). The van der Waals surface area contributed by atoms with Gasteiger partial charge in [0.25, 0.3) is 5.91 Å². The van der Waals surface area contributed by atoms with Gasteiger partial charge in [-0.1, -0.05) is 60.8 Å². The van der Waals surface area contributed by atoms with Gasteiger partial charge in [-0.25, -0.2) is 4.79 Å². The van der Waals surface area contributed by atoms with E-state index in [-0.39, 0.29) is 17.8 Å². The number of anilines is 1. The fraction of sp³-hybridized carbons (Fsp3) is 0.400. The number of carbonyl (C=O) groups excluding carboxylic acids is 3. The van der Waals surface area contributed by atoms with Crippen molar-refractivity contribution in [3.63, 3.8) is 0 Å². The zero-order valence-electron chi connectivity index (χ0n) is 18.7. The van der Waals surface area contributed by atoms with Crippen molar-refractivity contribution in [2.75, 3.05) is 18.4 Å². The van der Waals surface area contributed by atoms with Crippen LogP contribution >= 0.6 is 11.6 Å². The molecule has 0 radical (unpaired) electrons. The monoisotopic (exact) mass is 468 g/mol. The second-order valence-electron chi connectivity index (χ2n) is 8.78. The van der Waals surface area contributed by atoms with Gasteiger partial charge in [0.1, 0.15) is 11.6 Å². The highest BCUT2D eigenvalue weighted by Crippen LogP contribution is 2.35. The Morgan fingerprint density at radius 3 is 2.58 bits per heavy atom. The lowest BCUT2D eigenvalue weighted by atomic mass is 9.98. The summed E-state index contributed by atoms with van der Waals surface area (Å²) in [5, 5.41) is 9.69. The fourth-order valence-corrected chi connectivity index (χ4v) is 4.75. The second kappa shape index (κ2) is 9.93. The van der Waals surface area contributed by atoms with Crippen LogP contribution in [0, 0.1) is 6.92 Å². The second-order valence-corrected chi connectivity index (χ2v) is 9.19. The molecule has 1 saturated heterocycles. The van der Waals surface area contributed by atoms with Gasteiger partial charge in [0.15, 0.2) is 0 Å². The van der Waals surface area contributed by atoms with E-state index in [1.807, 2.05) is 49.4 Å². The minimum Gasteiger partial charge on any atom is -0.324 e. The Kier molecular flexibility index (Phi) is 7.00. The van der Waals surface area contributed by atoms with Gasteiger partial charge in [-0.05, 0) is 56.0 Å². The van der Waals surface area contributed by atoms with Crippen LogP contribution in [0.25, 0.3) is 0 Å². The molecule has 8 heteroatoms. The summed E-state index contributed by atoms with van der Waals surface area (Å²) in [7, 11) is 0. The summed E-state index contributed by atoms with van der Waals surface area (Å²) in [6, 6.07) is 14.0. The molecule has 2 aromatic carbocycles. The Bertz CT molecular complexity index is 1040. The molecule has 1 heterocycles. The van der Waals surface area contributed by atoms with Gasteiger partial charge in [-0.2, -0.15) is 0 Å². The van der Waals surface area contributed by atoms with Crippen molar-refractivity contribution in [3.8, 4) is 0 Å². The van der Waals surface area contributed by atoms with E-state index in [0.29, 0.717) is 43.1 Å². The highest BCUT2D eigenvalue weighted by atomic mass is 35.5. The maximum atomic E-state index is 13.1. The zero-order valence-corrected chi connectivity index (χ0v) is 19.5. The van der Waals surface area contributed by atoms with Crippen LogP contribution < -0.4 is 16.0 Å². The number of carbonyl (C=O) groups is 3. The third-order valence-electron chi connectivity index (χ3n) is 6.44. The Morgan fingerprint density at radius 2 is 1.88 bits per heavy atom. The van der Waals surface area contributed by atoms with Crippen molar-refractivity contribution in [1.82, 2.24) is 15.5 Å². The van der Waals surface area contributed by atoms with Crippen LogP contribution in [0.3, 0.4) is 0 Å². The minimum absolute atomic E-state index is 0.112. The largest absolute Gasteiger partial charge is 0.325 e. The predicted octanol–water partition coefficient (Wildman–Crippen LogP) is 4.17. The molecule has 2 aromatic rings. The number of rotatable bonds is 8. The van der Waals surface area contributed by atoms with E-state index in [0.717, 1.165) is 24.0 Å². The first-order chi connectivity index (χ1) is 15.9. The van der Waals surface area contributed by atoms with Crippen LogP contribution in [0.4, 0.5) is 10.5 Å². The predicted molar refractivity (Wildman–Crippen MR) is 128 cm³/mol. The third-order valence-corrected chi connectivity index (χ3v) is 6.85. The molecule has 2 aliphatic rings. The average Bonchev–Trinajstić information content (AvgIpc) is 3.36. The van der Waals surface area contributed by atoms with Crippen molar-refractivity contribution >= 4 is 35.1 Å². The number of benzene rings is 2. The van der Waals surface area contributed by atoms with E-state index < -0.39 is 11.6 Å². The van der Waals surface area contributed by atoms with E-state index in [9.17, 15) is 14.4 Å². The summed E-state index contributed by atoms with van der Waals surface area (Å²) in [6.07, 6.45) is 3.89. The number of amides is 4. The Morgan fingerprint density at radius 1 is 1.15 bits per heavy atom. The molecule has 1 aliphatic carbocycles. The molecular formula is C25H29ClN4O3. The molecule has 174 valence electrons. The fourth-order valence-electron chi connectivity index (χ4n) is 4.57. The summed E-state index contributed by atoms with van der Waals surface area (Å²) in [5.41, 5.74) is 1.70. The third kappa shape index (κ3) is 5.04. The number of halogens is 1. The van der Waals surface area contributed by atoms with Crippen molar-refractivity contribution in [2.45, 2.75) is 50.6 Å². The standard InChI is InChI=1S/C25H29ClN4O3/c1-17-10-11-19(16-20(17)26)28-22(31)21(18-8-3-2-4-9-18)27-14-7-15-30-23(32)25(29-24(30)33)12-5-6-13-25/h2-4,8-11,16,21,27H,5-7,12-15H2,1H3,(H,28,31)(H,29,33). The van der Waals surface area contributed by atoms with Gasteiger partial charge in [0, 0.05) is 17.3 Å². The van der Waals surface area contributed by atoms with Gasteiger partial charge in [0.05, 0.1) is 0 Å². The first-order valence-electron chi connectivity index (χ1n) is 11.4. The summed E-state index contributed by atoms with van der Waals surface area (Å²) < 4.78 is 0. The van der Waals surface area contributed by atoms with Gasteiger partial charge in [-0.3, -0.25) is 14.5 Å². The van der Waals surface area contributed by atoms with Crippen LogP contribution in [-0.4, -0.2) is 41.4 Å². The first kappa shape index (κ1) is 23.3. The van der Waals surface area contributed by atoms with E-state index in [1.54, 1.807) is 6.07 Å². The molecule has 1 aliphatic heterocycles. The van der Waals surface area contributed by atoms with E-state index in [4.69, 9.17) is 11.6 Å². The molecule has 33 heavy (non-hydrogen) atoms. The van der Waals surface area contributed by atoms with Crippen molar-refractivity contribution < 1.29 is 14.4 Å². The average molecular weight is 469 g/mol. The molecule has 1 unspecified atom stereocenters. The molecule has 0 bridgehead atoms. The van der Waals surface area contributed by atoms with Crippen LogP contribution in [0.1, 0.15) is 49.3 Å². The van der Waals surface area contributed by atoms with E-state index in [2.05, 4.69) is 16.0 Å². The summed E-state index contributed by atoms with van der Waals surface area (Å²) in [4.78, 5) is 39.6. The number of nitrogens with one attached hydrogen (secondary N) is 3. The van der Waals surface area contributed by atoms with Crippen LogP contribution in [0.5, 0.6) is 0 Å². The number of imide groups is 1. The highest BCUT2D eigenvalue weighted by Gasteiger charge is 2.52. The van der Waals surface area contributed by atoms with Gasteiger partial charge in [-0.15, -0.1) is 0 Å². The topological polar surface area (TPSA) is 90.5 Å². The molecule has 7 nitrogen and oxygen atoms in total. The van der Waals surface area contributed by atoms with E-state index in [1.165, 1.54) is 4.90 Å². The zero-order chi connectivity index (χ0) is 23.4. The Balaban J connectivity index is 1.37. The lowest BCUT2D eigenvalue weighted by Gasteiger charge is -2.21. The van der Waals surface area contributed by atoms with Crippen molar-refractivity contribution in [2.24, 2.45) is 0 Å². The molecule has 1 spiro atoms. The molecular weight excluding hydrogens is 440 g/mol. The van der Waals surface area contributed by atoms with Crippen LogP contribution in [0.2, 0.25) is 5.02 Å². The molecule has 1 atom stereocenters. The van der Waals surface area contributed by atoms with Crippen molar-refractivity contribution in [1.29, 1.82) is 0 Å². The summed E-state index contributed by atoms with van der Waals surface area (Å²) in [5.74, 6) is -0.320. The number of hydrogen-bond acceptors (Lipinski definition) is 4. The quantitative estimate of drug-likeness (QED) is 0.400. The molecule has 3 N–H and O–H groups in total. The minimum atomic E-state index is -0.688. The SMILES string of the molecule is Cc1ccc(NC(=O)C(NCCCN2C(=O)NC3(CCCC3)C2=O)c2ccccc2)cc1Cl. The normalized spacial score (nSPS) is 17.9. The maximum Gasteiger partial charge on any atom is 0.325 e. The van der Waals surface area contributed by atoms with Gasteiger partial charge < -0.3 is 16.0 Å². The smallest absolute Gasteiger partial charge is 0.324 e. The molecule has 0 aromatic heterocycles. The van der Waals surface area contributed by atoms with Crippen molar-refractivity contribution in [3.05, 3.63) is 64.7 Å². The van der Waals surface area contributed by atoms with E-state index >= 15 is 0 Å². The van der Waals surface area contributed by atoms with Gasteiger partial charge >= 0.3 is 6.03 Å². The lowest BCUT2D eigenvalue weighted by Crippen LogP contribution is -2.44. The lowest BCUT2D eigenvalue weighted by molar-refractivity contribution is -0.131. The van der Waals surface area contributed by atoms with Crippen LogP contribution in [-0.2, 0) is 9.59 Å². The summed E-state index contributed by atoms with van der Waals surface area (Å²) >= 11 is 6.20. The number of urea groups is 1. The maximum absolute atomic E-state index is 13.1. The number of aryl methyl sites for hydroxylation is 1. The van der Waals surface area contributed by atoms with Gasteiger partial charge in [0.2, 0.25) is 5.91 Å². The number of hydrogen-bond donors (Lipinski definition) is 3. The Labute approximate surface area is 198 Å². The molecule has 1 saturated carbocycles. The Hall–Kier alpha value is -2.90. The highest BCUT2D eigenvalue weighted by molar-refractivity contribution is 6.31. The first-order valence-corrected chi connectivity index (χ1v) is 11.8. The van der Waals surface area contributed by atoms with Crippen LogP contribution in [0.15, 0.2) is 48.5 Å².